The van der Waals surface area contributed by atoms with Crippen LogP contribution in [0.3, 0.4) is 0 Å². The number of hydrogen-bond donors (Lipinski definition) is 4. The monoisotopic (exact) mass is 534 g/mol. The minimum Gasteiger partial charge on any atom is -0.465 e. The number of benzene rings is 2. The summed E-state index contributed by atoms with van der Waals surface area (Å²) in [5.41, 5.74) is 2.29. The number of rotatable bonds is 6. The molecular formula is C26H26N6O7. The minimum absolute atomic E-state index is 0.267. The molecule has 2 atom stereocenters. The Morgan fingerprint density at radius 3 is 1.44 bits per heavy atom. The van der Waals surface area contributed by atoms with Crippen LogP contribution in [0.1, 0.15) is 25.7 Å². The molecular weight excluding hydrogens is 508 g/mol. The maximum absolute atomic E-state index is 12.5. The molecule has 0 aliphatic carbocycles. The van der Waals surface area contributed by atoms with Gasteiger partial charge in [0.2, 0.25) is 23.6 Å². The number of amides is 4. The van der Waals surface area contributed by atoms with Crippen molar-refractivity contribution in [2.45, 2.75) is 37.8 Å². The molecule has 39 heavy (non-hydrogen) atoms. The van der Waals surface area contributed by atoms with Crippen molar-refractivity contribution in [1.82, 2.24) is 20.0 Å². The van der Waals surface area contributed by atoms with Crippen molar-refractivity contribution in [2.24, 2.45) is 0 Å². The maximum Gasteiger partial charge on any atom is 0.407 e. The lowest BCUT2D eigenvalue weighted by Gasteiger charge is -2.20. The van der Waals surface area contributed by atoms with E-state index in [4.69, 9.17) is 4.42 Å². The summed E-state index contributed by atoms with van der Waals surface area (Å²) in [6, 6.07) is 12.1. The van der Waals surface area contributed by atoms with E-state index in [0.29, 0.717) is 61.3 Å². The van der Waals surface area contributed by atoms with Crippen LogP contribution in [-0.2, 0) is 9.59 Å². The summed E-state index contributed by atoms with van der Waals surface area (Å²) in [6.07, 6.45) is 0.0471. The number of likely N-dealkylation sites (tertiary alicyclic amines) is 2. The molecule has 0 spiro atoms. The molecule has 0 radical (unpaired) electrons. The second kappa shape index (κ2) is 10.8. The molecule has 2 aromatic carbocycles. The Balaban J connectivity index is 1.20. The standard InChI is InChI=1S/C26H26N6O7/c33-21(19-3-1-13-31(19)25(35)36)27-17-9-5-15(6-10-17)23-29-30-24(39-23)16-7-11-18(12-8-16)28-22(34)20-4-2-14-32(20)26(37)38/h5-12,19-20H,1-4,13-14H2,(H,27,33)(H,28,34)(H,35,36)(H,37,38)/t19-,20-/m0/s1. The van der Waals surface area contributed by atoms with Crippen LogP contribution in [-0.4, -0.2) is 79.4 Å². The quantitative estimate of drug-likeness (QED) is 0.368. The van der Waals surface area contributed by atoms with Crippen LogP contribution in [0.5, 0.6) is 0 Å². The van der Waals surface area contributed by atoms with Crippen LogP contribution >= 0.6 is 0 Å². The van der Waals surface area contributed by atoms with Gasteiger partial charge in [0.1, 0.15) is 12.1 Å². The van der Waals surface area contributed by atoms with Gasteiger partial charge in [-0.15, -0.1) is 10.2 Å². The van der Waals surface area contributed by atoms with E-state index in [1.807, 2.05) is 0 Å². The Hall–Kier alpha value is -4.94. The highest BCUT2D eigenvalue weighted by atomic mass is 16.4. The SMILES string of the molecule is O=C(Nc1ccc(-c2nnc(-c3ccc(NC(=O)[C@@H]4CCCN4C(=O)O)cc3)o2)cc1)[C@@H]1CCCN1C(=O)O. The first kappa shape index (κ1) is 25.7. The van der Waals surface area contributed by atoms with Crippen molar-refractivity contribution in [3.8, 4) is 22.9 Å². The van der Waals surface area contributed by atoms with Crippen molar-refractivity contribution >= 4 is 35.4 Å². The van der Waals surface area contributed by atoms with E-state index in [9.17, 15) is 29.4 Å². The highest BCUT2D eigenvalue weighted by Gasteiger charge is 2.35. The van der Waals surface area contributed by atoms with Crippen LogP contribution in [0.2, 0.25) is 0 Å². The van der Waals surface area contributed by atoms with Crippen LogP contribution in [0.15, 0.2) is 52.9 Å². The highest BCUT2D eigenvalue weighted by molar-refractivity contribution is 5.97. The summed E-state index contributed by atoms with van der Waals surface area (Å²) in [7, 11) is 0. The molecule has 4 N–H and O–H groups in total. The zero-order chi connectivity index (χ0) is 27.5. The molecule has 0 bridgehead atoms. The molecule has 4 amide bonds. The van der Waals surface area contributed by atoms with E-state index in [1.54, 1.807) is 48.5 Å². The molecule has 2 aliphatic heterocycles. The van der Waals surface area contributed by atoms with Crippen molar-refractivity contribution in [1.29, 1.82) is 0 Å². The summed E-state index contributed by atoms with van der Waals surface area (Å²) in [6.45, 7) is 0.685. The van der Waals surface area contributed by atoms with Crippen LogP contribution in [0, 0.1) is 0 Å². The Bertz CT molecular complexity index is 1280. The molecule has 5 rings (SSSR count). The lowest BCUT2D eigenvalue weighted by molar-refractivity contribution is -0.120. The average Bonchev–Trinajstić information content (AvgIpc) is 3.70. The van der Waals surface area contributed by atoms with Crippen LogP contribution < -0.4 is 10.6 Å². The van der Waals surface area contributed by atoms with Gasteiger partial charge in [-0.25, -0.2) is 9.59 Å². The highest BCUT2D eigenvalue weighted by Crippen LogP contribution is 2.27. The summed E-state index contributed by atoms with van der Waals surface area (Å²) >= 11 is 0. The number of carbonyl (C=O) groups excluding carboxylic acids is 2. The van der Waals surface area contributed by atoms with Crippen molar-refractivity contribution in [3.63, 3.8) is 0 Å². The summed E-state index contributed by atoms with van der Waals surface area (Å²) in [5.74, 6) is -0.208. The van der Waals surface area contributed by atoms with Crippen LogP contribution in [0.25, 0.3) is 22.9 Å². The van der Waals surface area contributed by atoms with E-state index < -0.39 is 24.3 Å². The van der Waals surface area contributed by atoms with Gasteiger partial charge in [0, 0.05) is 35.6 Å². The number of aromatic nitrogens is 2. The molecule has 3 heterocycles. The van der Waals surface area contributed by atoms with E-state index in [0.717, 1.165) is 9.80 Å². The summed E-state index contributed by atoms with van der Waals surface area (Å²) in [4.78, 5) is 50.0. The van der Waals surface area contributed by atoms with E-state index >= 15 is 0 Å². The van der Waals surface area contributed by atoms with E-state index in [-0.39, 0.29) is 23.6 Å². The number of carbonyl (C=O) groups is 4. The third-order valence-corrected chi connectivity index (χ3v) is 6.83. The number of hydrogen-bond acceptors (Lipinski definition) is 7. The number of anilines is 2. The predicted octanol–water partition coefficient (Wildman–Crippen LogP) is 3.57. The zero-order valence-electron chi connectivity index (χ0n) is 20.7. The van der Waals surface area contributed by atoms with Gasteiger partial charge >= 0.3 is 12.2 Å². The fourth-order valence-corrected chi connectivity index (χ4v) is 4.84. The third kappa shape index (κ3) is 5.51. The second-order valence-electron chi connectivity index (χ2n) is 9.31. The molecule has 3 aromatic rings. The molecule has 202 valence electrons. The lowest BCUT2D eigenvalue weighted by atomic mass is 10.1. The Kier molecular flexibility index (Phi) is 7.12. The van der Waals surface area contributed by atoms with Gasteiger partial charge in [-0.1, -0.05) is 0 Å². The third-order valence-electron chi connectivity index (χ3n) is 6.83. The molecule has 0 unspecified atom stereocenters. The summed E-state index contributed by atoms with van der Waals surface area (Å²) in [5, 5.41) is 32.2. The number of nitrogens with zero attached hydrogens (tertiary/aromatic N) is 4. The van der Waals surface area contributed by atoms with Gasteiger partial charge in [0.15, 0.2) is 0 Å². The van der Waals surface area contributed by atoms with Gasteiger partial charge in [-0.2, -0.15) is 0 Å². The number of carboxylic acid groups (broad SMARTS) is 2. The van der Waals surface area contributed by atoms with Gasteiger partial charge in [-0.3, -0.25) is 19.4 Å². The Labute approximate surface area is 222 Å². The fraction of sp³-hybridized carbons (Fsp3) is 0.308. The molecule has 1 aromatic heterocycles. The van der Waals surface area contributed by atoms with Gasteiger partial charge in [0.05, 0.1) is 0 Å². The smallest absolute Gasteiger partial charge is 0.407 e. The lowest BCUT2D eigenvalue weighted by Crippen LogP contribution is -2.42. The summed E-state index contributed by atoms with van der Waals surface area (Å²) < 4.78 is 5.80. The van der Waals surface area contributed by atoms with Gasteiger partial charge < -0.3 is 25.3 Å². The van der Waals surface area contributed by atoms with Crippen molar-refractivity contribution < 1.29 is 33.8 Å². The molecule has 0 saturated carbocycles. The first-order valence-corrected chi connectivity index (χ1v) is 12.5. The second-order valence-corrected chi connectivity index (χ2v) is 9.31. The minimum atomic E-state index is -1.11. The molecule has 2 saturated heterocycles. The molecule has 2 fully saturated rings. The van der Waals surface area contributed by atoms with E-state index in [1.165, 1.54) is 0 Å². The molecule has 13 heteroatoms. The van der Waals surface area contributed by atoms with Crippen molar-refractivity contribution in [2.75, 3.05) is 23.7 Å². The molecule has 2 aliphatic rings. The maximum atomic E-state index is 12.5. The fourth-order valence-electron chi connectivity index (χ4n) is 4.84. The van der Waals surface area contributed by atoms with Crippen LogP contribution in [0.4, 0.5) is 21.0 Å². The topological polar surface area (TPSA) is 178 Å². The normalized spacial score (nSPS) is 18.7. The zero-order valence-corrected chi connectivity index (χ0v) is 20.7. The van der Waals surface area contributed by atoms with Gasteiger partial charge in [-0.05, 0) is 74.2 Å². The Morgan fingerprint density at radius 1 is 0.692 bits per heavy atom. The van der Waals surface area contributed by atoms with Gasteiger partial charge in [0.25, 0.3) is 0 Å². The molecule has 13 nitrogen and oxygen atoms in total. The predicted molar refractivity (Wildman–Crippen MR) is 138 cm³/mol. The number of nitrogens with one attached hydrogen (secondary N) is 2. The first-order valence-electron chi connectivity index (χ1n) is 12.5. The average molecular weight is 535 g/mol. The van der Waals surface area contributed by atoms with E-state index in [2.05, 4.69) is 20.8 Å². The first-order chi connectivity index (χ1) is 18.8. The largest absolute Gasteiger partial charge is 0.465 e. The Morgan fingerprint density at radius 2 is 1.08 bits per heavy atom. The van der Waals surface area contributed by atoms with Crippen molar-refractivity contribution in [3.05, 3.63) is 48.5 Å².